The number of fused-ring (bicyclic) bond motifs is 3. The number of hydrogen-bond acceptors (Lipinski definition) is 13. The van der Waals surface area contributed by atoms with E-state index in [1.54, 1.807) is 22.7 Å². The Balaban J connectivity index is 0.840. The molecule has 1 fully saturated rings. The fourth-order valence-electron chi connectivity index (χ4n) is 8.39. The Morgan fingerprint density at radius 1 is 0.926 bits per heavy atom. The van der Waals surface area contributed by atoms with Crippen molar-refractivity contribution in [2.75, 3.05) is 39.5 Å². The summed E-state index contributed by atoms with van der Waals surface area (Å²) in [6.45, 7) is 16.2. The number of amides is 4. The number of nitrogens with one attached hydrogen (secondary N) is 3. The van der Waals surface area contributed by atoms with Gasteiger partial charge in [-0.2, -0.15) is 0 Å². The van der Waals surface area contributed by atoms with Crippen LogP contribution in [0.15, 0.2) is 59.0 Å². The van der Waals surface area contributed by atoms with Crippen molar-refractivity contribution < 1.29 is 33.8 Å². The van der Waals surface area contributed by atoms with Crippen molar-refractivity contribution in [3.8, 4) is 15.4 Å². The van der Waals surface area contributed by atoms with Crippen LogP contribution in [0.1, 0.15) is 104 Å². The molecule has 1 saturated heterocycles. The molecule has 4 amide bonds. The molecule has 0 bridgehead atoms. The fraction of sp³-hybridized carbons (Fsp3) is 0.469. The van der Waals surface area contributed by atoms with Crippen LogP contribution in [0.2, 0.25) is 5.02 Å². The molecule has 4 N–H and O–H groups in total. The van der Waals surface area contributed by atoms with Gasteiger partial charge in [0, 0.05) is 53.8 Å². The summed E-state index contributed by atoms with van der Waals surface area (Å²) in [7, 11) is 0. The number of aliphatic hydroxyl groups is 1. The number of carbonyl (C=O) groups is 4. The molecule has 0 radical (unpaired) electrons. The second-order valence-electron chi connectivity index (χ2n) is 18.4. The van der Waals surface area contributed by atoms with Crippen molar-refractivity contribution in [2.45, 2.75) is 105 Å². The van der Waals surface area contributed by atoms with Gasteiger partial charge in [-0.15, -0.1) is 32.9 Å². The summed E-state index contributed by atoms with van der Waals surface area (Å²) in [5.41, 5.74) is 7.76. The van der Waals surface area contributed by atoms with Crippen LogP contribution in [0.5, 0.6) is 0 Å². The van der Waals surface area contributed by atoms with Crippen molar-refractivity contribution in [2.24, 2.45) is 10.4 Å². The van der Waals surface area contributed by atoms with Crippen molar-refractivity contribution in [1.29, 1.82) is 0 Å². The summed E-state index contributed by atoms with van der Waals surface area (Å²) in [6.07, 6.45) is -0.264. The standard InChI is InChI=1S/C49H60ClN9O7S2/c1-27-30(4)68-48-41(27)42(33-14-16-35(50)17-15-33)54-37(45-57-56-31(5)59(45)48)23-39(61)51-18-21-65-19-9-20-66-25-40(62)55-44(49(6,7)8)47(64)58-24-36(60)22-38(58)46(63)53-28(2)32-10-12-34(13-11-32)43-29(3)52-26-67-43/h10-17,26,28,36-38,44,60H,9,18-25H2,1-8H3,(H,51,61)(H,53,63)(H,55,62)/t28-,36+,37-,38-,44+/m0/s1. The number of ether oxygens (including phenoxy) is 2. The van der Waals surface area contributed by atoms with Crippen LogP contribution in [0.25, 0.3) is 15.4 Å². The number of aryl methyl sites for hydroxylation is 3. The van der Waals surface area contributed by atoms with Gasteiger partial charge in [0.05, 0.1) is 47.0 Å². The minimum absolute atomic E-state index is 0.0302. The number of nitrogens with zero attached hydrogens (tertiary/aromatic N) is 6. The topological polar surface area (TPSA) is 202 Å². The van der Waals surface area contributed by atoms with Crippen molar-refractivity contribution in [3.05, 3.63) is 104 Å². The molecule has 2 aromatic carbocycles. The third-order valence-electron chi connectivity index (χ3n) is 12.2. The molecule has 2 aliphatic heterocycles. The maximum atomic E-state index is 14.1. The number of hydrogen-bond donors (Lipinski definition) is 4. The van der Waals surface area contributed by atoms with E-state index < -0.39 is 41.5 Å². The van der Waals surface area contributed by atoms with E-state index in [4.69, 9.17) is 26.1 Å². The molecule has 0 aliphatic carbocycles. The van der Waals surface area contributed by atoms with Crippen LogP contribution in [-0.4, -0.2) is 117 Å². The zero-order valence-electron chi connectivity index (χ0n) is 39.7. The molecule has 2 aliphatic rings. The zero-order valence-corrected chi connectivity index (χ0v) is 42.1. The first kappa shape index (κ1) is 50.5. The molecule has 19 heteroatoms. The number of likely N-dealkylation sites (tertiary alicyclic amines) is 1. The highest BCUT2D eigenvalue weighted by molar-refractivity contribution is 7.15. The lowest BCUT2D eigenvalue weighted by molar-refractivity contribution is -0.144. The minimum atomic E-state index is -0.984. The number of thiazole rings is 1. The van der Waals surface area contributed by atoms with Gasteiger partial charge < -0.3 is 35.4 Å². The average molecular weight is 987 g/mol. The minimum Gasteiger partial charge on any atom is -0.391 e. The van der Waals surface area contributed by atoms with E-state index >= 15 is 0 Å². The van der Waals surface area contributed by atoms with E-state index in [0.717, 1.165) is 54.0 Å². The highest BCUT2D eigenvalue weighted by Gasteiger charge is 2.45. The van der Waals surface area contributed by atoms with Crippen LogP contribution in [0.3, 0.4) is 0 Å². The lowest BCUT2D eigenvalue weighted by Crippen LogP contribution is -2.58. The van der Waals surface area contributed by atoms with E-state index in [-0.39, 0.29) is 63.6 Å². The van der Waals surface area contributed by atoms with Crippen LogP contribution < -0.4 is 16.0 Å². The van der Waals surface area contributed by atoms with Crippen molar-refractivity contribution in [3.63, 3.8) is 0 Å². The largest absolute Gasteiger partial charge is 0.391 e. The highest BCUT2D eigenvalue weighted by Crippen LogP contribution is 2.40. The molecule has 68 heavy (non-hydrogen) atoms. The molecule has 5 atom stereocenters. The van der Waals surface area contributed by atoms with Crippen molar-refractivity contribution in [1.82, 2.24) is 40.6 Å². The number of rotatable bonds is 18. The van der Waals surface area contributed by atoms with Crippen LogP contribution >= 0.6 is 34.3 Å². The van der Waals surface area contributed by atoms with E-state index in [1.165, 1.54) is 4.90 Å². The molecular weight excluding hydrogens is 926 g/mol. The number of carbonyl (C=O) groups excluding carboxylic acids is 4. The molecule has 16 nitrogen and oxygen atoms in total. The maximum absolute atomic E-state index is 14.1. The summed E-state index contributed by atoms with van der Waals surface area (Å²) in [4.78, 5) is 67.3. The zero-order chi connectivity index (χ0) is 48.9. The molecule has 5 aromatic rings. The van der Waals surface area contributed by atoms with Gasteiger partial charge in [0.2, 0.25) is 23.6 Å². The van der Waals surface area contributed by atoms with E-state index in [2.05, 4.69) is 45.0 Å². The number of aliphatic hydroxyl groups excluding tert-OH is 1. The number of halogens is 1. The number of thiophene rings is 1. The Hall–Kier alpha value is -5.37. The second kappa shape index (κ2) is 21.9. The Kier molecular flexibility index (Phi) is 16.3. The highest BCUT2D eigenvalue weighted by atomic mass is 35.5. The average Bonchev–Trinajstić information content (AvgIpc) is 4.07. The predicted molar refractivity (Wildman–Crippen MR) is 264 cm³/mol. The molecule has 0 unspecified atom stereocenters. The normalized spacial score (nSPS) is 17.7. The number of aromatic nitrogens is 4. The predicted octanol–water partition coefficient (Wildman–Crippen LogP) is 6.53. The third kappa shape index (κ3) is 11.7. The van der Waals surface area contributed by atoms with Gasteiger partial charge in [-0.1, -0.05) is 68.8 Å². The summed E-state index contributed by atoms with van der Waals surface area (Å²) < 4.78 is 13.4. The van der Waals surface area contributed by atoms with Gasteiger partial charge in [0.1, 0.15) is 35.6 Å². The molecule has 3 aromatic heterocycles. The number of benzene rings is 2. The van der Waals surface area contributed by atoms with Gasteiger partial charge >= 0.3 is 0 Å². The van der Waals surface area contributed by atoms with E-state index in [1.807, 2.05) is 100 Å². The Morgan fingerprint density at radius 3 is 2.32 bits per heavy atom. The van der Waals surface area contributed by atoms with Gasteiger partial charge in [0.25, 0.3) is 0 Å². The lowest BCUT2D eigenvalue weighted by Gasteiger charge is -2.35. The fourth-order valence-corrected chi connectivity index (χ4v) is 10.5. The first-order valence-corrected chi connectivity index (χ1v) is 24.9. The molecule has 362 valence electrons. The third-order valence-corrected chi connectivity index (χ3v) is 14.6. The summed E-state index contributed by atoms with van der Waals surface area (Å²) in [5, 5.41) is 29.9. The second-order valence-corrected chi connectivity index (χ2v) is 20.9. The van der Waals surface area contributed by atoms with Gasteiger partial charge in [-0.05, 0) is 75.3 Å². The van der Waals surface area contributed by atoms with Crippen molar-refractivity contribution >= 4 is 63.6 Å². The van der Waals surface area contributed by atoms with E-state index in [0.29, 0.717) is 29.7 Å². The molecular formula is C49H60ClN9O7S2. The number of aliphatic imine (C=N–C) groups is 1. The van der Waals surface area contributed by atoms with Crippen LogP contribution in [0, 0.1) is 33.1 Å². The Bertz CT molecular complexity index is 2640. The van der Waals surface area contributed by atoms with Crippen LogP contribution in [0.4, 0.5) is 0 Å². The summed E-state index contributed by atoms with van der Waals surface area (Å²) in [6, 6.07) is 12.6. The SMILES string of the molecule is Cc1ncsc1-c1ccc([C@H](C)NC(=O)[C@@H]2C[C@@H](O)CN2C(=O)[C@@H](NC(=O)COCCCOCCNC(=O)C[C@@H]2N=C(c3ccc(Cl)cc3)c3c(sc(C)c3C)-n3c(C)nnc32)C(C)(C)C)cc1. The van der Waals surface area contributed by atoms with Crippen LogP contribution in [-0.2, 0) is 28.7 Å². The Labute approximate surface area is 409 Å². The smallest absolute Gasteiger partial charge is 0.246 e. The number of β-amino-alcohol motifs (C(OH)–C–C–N with tert-alkyl or cyclic N) is 1. The monoisotopic (exact) mass is 985 g/mol. The van der Waals surface area contributed by atoms with Gasteiger partial charge in [0.15, 0.2) is 5.82 Å². The molecule has 7 rings (SSSR count). The molecule has 0 spiro atoms. The first-order valence-electron chi connectivity index (χ1n) is 22.8. The lowest BCUT2D eigenvalue weighted by atomic mass is 9.85. The summed E-state index contributed by atoms with van der Waals surface area (Å²) in [5.74, 6) is -0.217. The van der Waals surface area contributed by atoms with E-state index in [9.17, 15) is 24.3 Å². The first-order chi connectivity index (χ1) is 32.4. The van der Waals surface area contributed by atoms with Gasteiger partial charge in [-0.3, -0.25) is 28.7 Å². The molecule has 5 heterocycles. The Morgan fingerprint density at radius 2 is 1.63 bits per heavy atom. The maximum Gasteiger partial charge on any atom is 0.246 e. The summed E-state index contributed by atoms with van der Waals surface area (Å²) >= 11 is 9.45. The quantitative estimate of drug-likeness (QED) is 0.0700. The van der Waals surface area contributed by atoms with Gasteiger partial charge in [-0.25, -0.2) is 4.98 Å². The molecule has 0 saturated carbocycles.